The smallest absolute Gasteiger partial charge is 0.255 e. The van der Waals surface area contributed by atoms with Gasteiger partial charge in [0.05, 0.1) is 12.3 Å². The summed E-state index contributed by atoms with van der Waals surface area (Å²) in [7, 11) is 0. The van der Waals surface area contributed by atoms with E-state index in [1.807, 2.05) is 24.3 Å². The maximum atomic E-state index is 12.4. The fourth-order valence-electron chi connectivity index (χ4n) is 3.86. The largest absolute Gasteiger partial charge is 0.468 e. The zero-order chi connectivity index (χ0) is 20.8. The molecular formula is C24H26ClN3O2. The Balaban J connectivity index is 1.34. The van der Waals surface area contributed by atoms with Gasteiger partial charge in [-0.25, -0.2) is 0 Å². The quantitative estimate of drug-likeness (QED) is 0.528. The van der Waals surface area contributed by atoms with E-state index in [1.165, 1.54) is 12.8 Å². The summed E-state index contributed by atoms with van der Waals surface area (Å²) in [5.41, 5.74) is 2.47. The van der Waals surface area contributed by atoms with Gasteiger partial charge in [0.1, 0.15) is 5.76 Å². The zero-order valence-corrected chi connectivity index (χ0v) is 17.6. The van der Waals surface area contributed by atoms with E-state index < -0.39 is 0 Å². The lowest BCUT2D eigenvalue weighted by molar-refractivity contribution is 0.102. The Hall–Kier alpha value is -2.60. The Morgan fingerprint density at radius 2 is 1.87 bits per heavy atom. The highest BCUT2D eigenvalue weighted by molar-refractivity contribution is 6.30. The molecule has 156 valence electrons. The molecule has 1 fully saturated rings. The third kappa shape index (κ3) is 5.30. The van der Waals surface area contributed by atoms with E-state index in [0.29, 0.717) is 10.6 Å². The number of carbonyl (C=O) groups is 1. The molecule has 30 heavy (non-hydrogen) atoms. The number of nitrogens with one attached hydrogen (secondary N) is 2. The van der Waals surface area contributed by atoms with Crippen LogP contribution in [-0.2, 0) is 6.54 Å². The SMILES string of the molecule is O=C(Nc1cccc(CNCC(c2ccco2)N2CCCC2)c1)c1ccc(Cl)cc1. The number of hydrogen-bond acceptors (Lipinski definition) is 4. The molecule has 2 aromatic carbocycles. The van der Waals surface area contributed by atoms with Crippen LogP contribution in [0.2, 0.25) is 5.02 Å². The van der Waals surface area contributed by atoms with Crippen molar-refractivity contribution in [2.45, 2.75) is 25.4 Å². The highest BCUT2D eigenvalue weighted by atomic mass is 35.5. The number of rotatable bonds is 8. The van der Waals surface area contributed by atoms with Crippen LogP contribution in [0.5, 0.6) is 0 Å². The summed E-state index contributed by atoms with van der Waals surface area (Å²) in [6.07, 6.45) is 4.23. The Kier molecular flexibility index (Phi) is 6.84. The van der Waals surface area contributed by atoms with Crippen molar-refractivity contribution in [2.24, 2.45) is 0 Å². The molecule has 2 N–H and O–H groups in total. The molecule has 1 aromatic heterocycles. The Morgan fingerprint density at radius 1 is 1.07 bits per heavy atom. The summed E-state index contributed by atoms with van der Waals surface area (Å²) in [5.74, 6) is 0.858. The molecule has 1 amide bonds. The first-order chi connectivity index (χ1) is 14.7. The predicted octanol–water partition coefficient (Wildman–Crippen LogP) is 5.11. The van der Waals surface area contributed by atoms with E-state index in [0.717, 1.165) is 43.2 Å². The number of anilines is 1. The van der Waals surface area contributed by atoms with Crippen molar-refractivity contribution in [3.63, 3.8) is 0 Å². The van der Waals surface area contributed by atoms with Gasteiger partial charge < -0.3 is 15.1 Å². The minimum atomic E-state index is -0.149. The van der Waals surface area contributed by atoms with Crippen molar-refractivity contribution in [1.29, 1.82) is 0 Å². The van der Waals surface area contributed by atoms with Crippen LogP contribution >= 0.6 is 11.6 Å². The summed E-state index contributed by atoms with van der Waals surface area (Å²) in [6.45, 7) is 3.75. The molecule has 0 radical (unpaired) electrons. The summed E-state index contributed by atoms with van der Waals surface area (Å²) >= 11 is 5.89. The molecule has 0 spiro atoms. The molecule has 2 heterocycles. The van der Waals surface area contributed by atoms with E-state index in [4.69, 9.17) is 16.0 Å². The molecule has 1 saturated heterocycles. The normalized spacial score (nSPS) is 15.2. The first-order valence-electron chi connectivity index (χ1n) is 10.3. The van der Waals surface area contributed by atoms with Crippen molar-refractivity contribution >= 4 is 23.2 Å². The molecule has 5 nitrogen and oxygen atoms in total. The van der Waals surface area contributed by atoms with Gasteiger partial charge in [0.25, 0.3) is 5.91 Å². The maximum absolute atomic E-state index is 12.4. The average molecular weight is 424 g/mol. The number of benzene rings is 2. The average Bonchev–Trinajstić information content (AvgIpc) is 3.47. The molecule has 1 aliphatic rings. The second-order valence-corrected chi connectivity index (χ2v) is 8.00. The Bertz CT molecular complexity index is 951. The topological polar surface area (TPSA) is 57.5 Å². The maximum Gasteiger partial charge on any atom is 0.255 e. The predicted molar refractivity (Wildman–Crippen MR) is 120 cm³/mol. The van der Waals surface area contributed by atoms with E-state index >= 15 is 0 Å². The lowest BCUT2D eigenvalue weighted by atomic mass is 10.1. The van der Waals surface area contributed by atoms with Gasteiger partial charge in [-0.15, -0.1) is 0 Å². The summed E-state index contributed by atoms with van der Waals surface area (Å²) in [6, 6.07) is 19.0. The number of furan rings is 1. The van der Waals surface area contributed by atoms with Gasteiger partial charge in [-0.3, -0.25) is 9.69 Å². The second-order valence-electron chi connectivity index (χ2n) is 7.57. The van der Waals surface area contributed by atoms with E-state index in [9.17, 15) is 4.79 Å². The standard InChI is InChI=1S/C24H26ClN3O2/c25-20-10-8-19(9-11-20)24(29)27-21-6-3-5-18(15-21)16-26-17-22(23-7-4-14-30-23)28-12-1-2-13-28/h3-11,14-15,22,26H,1-2,12-13,16-17H2,(H,27,29). The van der Waals surface area contributed by atoms with Crippen LogP contribution in [0, 0.1) is 0 Å². The van der Waals surface area contributed by atoms with E-state index in [1.54, 1.807) is 30.5 Å². The minimum absolute atomic E-state index is 0.149. The van der Waals surface area contributed by atoms with Crippen LogP contribution < -0.4 is 10.6 Å². The first kappa shape index (κ1) is 20.7. The van der Waals surface area contributed by atoms with E-state index in [2.05, 4.69) is 27.7 Å². The van der Waals surface area contributed by atoms with Crippen LogP contribution in [-0.4, -0.2) is 30.4 Å². The van der Waals surface area contributed by atoms with Crippen LogP contribution in [0.1, 0.15) is 40.6 Å². The fourth-order valence-corrected chi connectivity index (χ4v) is 3.99. The van der Waals surface area contributed by atoms with Crippen molar-refractivity contribution in [1.82, 2.24) is 10.2 Å². The summed E-state index contributed by atoms with van der Waals surface area (Å²) in [4.78, 5) is 14.9. The molecule has 1 unspecified atom stereocenters. The van der Waals surface area contributed by atoms with Crippen LogP contribution in [0.15, 0.2) is 71.3 Å². The van der Waals surface area contributed by atoms with Gasteiger partial charge in [-0.1, -0.05) is 23.7 Å². The second kappa shape index (κ2) is 9.94. The lowest BCUT2D eigenvalue weighted by Gasteiger charge is -2.26. The van der Waals surface area contributed by atoms with Gasteiger partial charge in [0.2, 0.25) is 0 Å². The van der Waals surface area contributed by atoms with E-state index in [-0.39, 0.29) is 11.9 Å². The van der Waals surface area contributed by atoms with Crippen molar-refractivity contribution in [3.05, 3.63) is 88.8 Å². The number of carbonyl (C=O) groups excluding carboxylic acids is 1. The number of nitrogens with zero attached hydrogens (tertiary/aromatic N) is 1. The molecule has 0 aliphatic carbocycles. The first-order valence-corrected chi connectivity index (χ1v) is 10.7. The van der Waals surface area contributed by atoms with Gasteiger partial charge in [-0.05, 0) is 80.0 Å². The molecule has 3 aromatic rings. The van der Waals surface area contributed by atoms with Crippen molar-refractivity contribution in [2.75, 3.05) is 25.0 Å². The van der Waals surface area contributed by atoms with Crippen molar-refractivity contribution in [3.8, 4) is 0 Å². The fraction of sp³-hybridized carbons (Fsp3) is 0.292. The van der Waals surface area contributed by atoms with Gasteiger partial charge in [-0.2, -0.15) is 0 Å². The highest BCUT2D eigenvalue weighted by Gasteiger charge is 2.25. The molecule has 4 rings (SSSR count). The molecule has 0 saturated carbocycles. The summed E-state index contributed by atoms with van der Waals surface area (Å²) in [5, 5.41) is 7.12. The van der Waals surface area contributed by atoms with Crippen LogP contribution in [0.4, 0.5) is 5.69 Å². The van der Waals surface area contributed by atoms with Gasteiger partial charge >= 0.3 is 0 Å². The Morgan fingerprint density at radius 3 is 2.60 bits per heavy atom. The number of amides is 1. The molecule has 0 bridgehead atoms. The van der Waals surface area contributed by atoms with Crippen LogP contribution in [0.3, 0.4) is 0 Å². The number of halogens is 1. The van der Waals surface area contributed by atoms with Crippen molar-refractivity contribution < 1.29 is 9.21 Å². The molecule has 1 atom stereocenters. The van der Waals surface area contributed by atoms with Crippen LogP contribution in [0.25, 0.3) is 0 Å². The number of hydrogen-bond donors (Lipinski definition) is 2. The Labute approximate surface area is 182 Å². The highest BCUT2D eigenvalue weighted by Crippen LogP contribution is 2.25. The summed E-state index contributed by atoms with van der Waals surface area (Å²) < 4.78 is 5.69. The zero-order valence-electron chi connectivity index (χ0n) is 16.8. The minimum Gasteiger partial charge on any atom is -0.468 e. The lowest BCUT2D eigenvalue weighted by Crippen LogP contribution is -2.33. The third-order valence-electron chi connectivity index (χ3n) is 5.41. The molecule has 6 heteroatoms. The molecule has 1 aliphatic heterocycles. The monoisotopic (exact) mass is 423 g/mol. The van der Waals surface area contributed by atoms with Gasteiger partial charge in [0, 0.05) is 29.4 Å². The third-order valence-corrected chi connectivity index (χ3v) is 5.66. The molecular weight excluding hydrogens is 398 g/mol. The number of likely N-dealkylation sites (tertiary alicyclic amines) is 1. The van der Waals surface area contributed by atoms with Gasteiger partial charge in [0.15, 0.2) is 0 Å².